The summed E-state index contributed by atoms with van der Waals surface area (Å²) in [6, 6.07) is 56.9. The van der Waals surface area contributed by atoms with E-state index in [9.17, 15) is 0 Å². The molecule has 0 radical (unpaired) electrons. The van der Waals surface area contributed by atoms with Crippen LogP contribution in [0.5, 0.6) is 0 Å². The molecule has 0 saturated heterocycles. The average molecular weight is 587 g/mol. The first-order chi connectivity index (χ1) is 22.8. The van der Waals surface area contributed by atoms with E-state index < -0.39 is 0 Å². The fraction of sp³-hybridized carbons (Fsp3) is 0.0227. The largest absolute Gasteiger partial charge is 0.292 e. The maximum Gasteiger partial charge on any atom is 0.146 e. The molecule has 0 atom stereocenters. The summed E-state index contributed by atoms with van der Waals surface area (Å²) < 4.78 is 2.33. The van der Waals surface area contributed by atoms with E-state index in [1.165, 1.54) is 59.8 Å². The quantitative estimate of drug-likeness (QED) is 0.188. The molecular formula is C44H30N2. The zero-order valence-corrected chi connectivity index (χ0v) is 25.5. The third-order valence-corrected chi connectivity index (χ3v) is 9.32. The van der Waals surface area contributed by atoms with Crippen molar-refractivity contribution in [2.75, 3.05) is 0 Å². The summed E-state index contributed by atoms with van der Waals surface area (Å²) in [5.41, 5.74) is 10.4. The van der Waals surface area contributed by atoms with Gasteiger partial charge >= 0.3 is 0 Å². The second-order valence-corrected chi connectivity index (χ2v) is 11.9. The van der Waals surface area contributed by atoms with Gasteiger partial charge in [0, 0.05) is 10.8 Å². The van der Waals surface area contributed by atoms with Gasteiger partial charge in [-0.25, -0.2) is 4.98 Å². The third kappa shape index (κ3) is 4.01. The van der Waals surface area contributed by atoms with Crippen molar-refractivity contribution in [1.29, 1.82) is 0 Å². The highest BCUT2D eigenvalue weighted by molar-refractivity contribution is 6.15. The lowest BCUT2D eigenvalue weighted by molar-refractivity contribution is 1.31. The summed E-state index contributed by atoms with van der Waals surface area (Å²) in [5.74, 6) is 0. The Morgan fingerprint density at radius 2 is 1.17 bits per heavy atom. The molecule has 0 amide bonds. The topological polar surface area (TPSA) is 17.3 Å². The summed E-state index contributed by atoms with van der Waals surface area (Å²) in [6.07, 6.45) is 2.29. The molecule has 0 N–H and O–H groups in total. The zero-order chi connectivity index (χ0) is 30.6. The number of pyridine rings is 1. The van der Waals surface area contributed by atoms with Gasteiger partial charge in [-0.1, -0.05) is 133 Å². The van der Waals surface area contributed by atoms with Gasteiger partial charge in [-0.2, -0.15) is 0 Å². The smallest absolute Gasteiger partial charge is 0.146 e. The highest BCUT2D eigenvalue weighted by Crippen LogP contribution is 2.35. The van der Waals surface area contributed by atoms with Crippen LogP contribution in [0.1, 0.15) is 18.1 Å². The second kappa shape index (κ2) is 10.6. The lowest BCUT2D eigenvalue weighted by atomic mass is 9.89. The van der Waals surface area contributed by atoms with E-state index in [1.54, 1.807) is 0 Å². The molecule has 0 aliphatic heterocycles. The van der Waals surface area contributed by atoms with Crippen LogP contribution in [0, 0.1) is 0 Å². The van der Waals surface area contributed by atoms with Gasteiger partial charge < -0.3 is 0 Å². The maximum absolute atomic E-state index is 5.09. The molecule has 2 heteroatoms. The van der Waals surface area contributed by atoms with Crippen molar-refractivity contribution in [2.24, 2.45) is 0 Å². The van der Waals surface area contributed by atoms with E-state index >= 15 is 0 Å². The number of hydrogen-bond acceptors (Lipinski definition) is 1. The summed E-state index contributed by atoms with van der Waals surface area (Å²) in [7, 11) is 0. The molecule has 2 heterocycles. The SMILES string of the molecule is C/C=c1/c(-c2ccc3c(c2)c2ccccc2c2nc4ccccc4n32)c2ccccc2cc1=C(c1ccccc1)c1ccccc1. The molecule has 9 aromatic rings. The Labute approximate surface area is 266 Å². The minimum atomic E-state index is 0.997. The second-order valence-electron chi connectivity index (χ2n) is 11.9. The molecule has 0 spiro atoms. The number of nitrogens with zero attached hydrogens (tertiary/aromatic N) is 2. The van der Waals surface area contributed by atoms with Gasteiger partial charge in [0.15, 0.2) is 0 Å². The lowest BCUT2D eigenvalue weighted by Gasteiger charge is -2.16. The molecule has 2 aromatic heterocycles. The van der Waals surface area contributed by atoms with Gasteiger partial charge in [-0.05, 0) is 91.7 Å². The van der Waals surface area contributed by atoms with Gasteiger partial charge in [0.1, 0.15) is 5.65 Å². The number of fused-ring (bicyclic) bond motifs is 9. The van der Waals surface area contributed by atoms with Crippen molar-refractivity contribution < 1.29 is 0 Å². The van der Waals surface area contributed by atoms with Crippen LogP contribution in [0.15, 0.2) is 158 Å². The number of hydrogen-bond donors (Lipinski definition) is 0. The fourth-order valence-electron chi connectivity index (χ4n) is 7.33. The van der Waals surface area contributed by atoms with Gasteiger partial charge in [0.2, 0.25) is 0 Å². The van der Waals surface area contributed by atoms with Crippen molar-refractivity contribution in [3.05, 3.63) is 179 Å². The minimum Gasteiger partial charge on any atom is -0.292 e. The van der Waals surface area contributed by atoms with E-state index in [1.807, 2.05) is 0 Å². The summed E-state index contributed by atoms with van der Waals surface area (Å²) in [4.78, 5) is 5.09. The minimum absolute atomic E-state index is 0.997. The molecule has 0 unspecified atom stereocenters. The lowest BCUT2D eigenvalue weighted by Crippen LogP contribution is -2.30. The number of imidazole rings is 1. The number of para-hydroxylation sites is 2. The highest BCUT2D eigenvalue weighted by Gasteiger charge is 2.17. The van der Waals surface area contributed by atoms with Crippen molar-refractivity contribution in [3.63, 3.8) is 0 Å². The Balaban J connectivity index is 1.46. The maximum atomic E-state index is 5.09. The predicted molar refractivity (Wildman–Crippen MR) is 195 cm³/mol. The summed E-state index contributed by atoms with van der Waals surface area (Å²) >= 11 is 0. The van der Waals surface area contributed by atoms with Crippen molar-refractivity contribution in [2.45, 2.75) is 6.92 Å². The molecule has 46 heavy (non-hydrogen) atoms. The van der Waals surface area contributed by atoms with E-state index in [4.69, 9.17) is 4.98 Å². The molecule has 0 bridgehead atoms. The normalized spacial score (nSPS) is 12.2. The van der Waals surface area contributed by atoms with Crippen LogP contribution in [0.4, 0.5) is 0 Å². The van der Waals surface area contributed by atoms with E-state index in [2.05, 4.69) is 175 Å². The molecular weight excluding hydrogens is 556 g/mol. The number of benzene rings is 7. The van der Waals surface area contributed by atoms with Crippen LogP contribution in [-0.4, -0.2) is 9.38 Å². The molecule has 216 valence electrons. The summed E-state index contributed by atoms with van der Waals surface area (Å²) in [5, 5.41) is 8.53. The highest BCUT2D eigenvalue weighted by atomic mass is 15.0. The predicted octanol–water partition coefficient (Wildman–Crippen LogP) is 9.66. The van der Waals surface area contributed by atoms with E-state index in [0.717, 1.165) is 27.6 Å². The standard InChI is InChI=1S/C44H30N2/c1-2-33-38(42(29-15-5-3-6-16-29)30-17-7-4-8-18-30)27-31-19-9-10-20-34(31)43(33)32-25-26-40-37(28-32)35-21-11-12-22-36(35)44-45-39-23-13-14-24-41(39)46(40)44/h2-28H,1H3/b33-2+. The van der Waals surface area contributed by atoms with Gasteiger partial charge in [0.05, 0.1) is 16.6 Å². The molecule has 0 fully saturated rings. The zero-order valence-electron chi connectivity index (χ0n) is 25.5. The first kappa shape index (κ1) is 26.4. The molecule has 0 aliphatic carbocycles. The average Bonchev–Trinajstić information content (AvgIpc) is 3.52. The molecule has 7 aromatic carbocycles. The van der Waals surface area contributed by atoms with Crippen LogP contribution in [0.25, 0.3) is 71.9 Å². The Kier molecular flexibility index (Phi) is 6.07. The van der Waals surface area contributed by atoms with Crippen molar-refractivity contribution in [1.82, 2.24) is 9.38 Å². The van der Waals surface area contributed by atoms with E-state index in [0.29, 0.717) is 0 Å². The molecule has 0 aliphatic rings. The van der Waals surface area contributed by atoms with Gasteiger partial charge in [-0.15, -0.1) is 0 Å². The Morgan fingerprint density at radius 1 is 0.543 bits per heavy atom. The Hall–Kier alpha value is -5.99. The van der Waals surface area contributed by atoms with Gasteiger partial charge in [0.25, 0.3) is 0 Å². The molecule has 9 rings (SSSR count). The first-order valence-corrected chi connectivity index (χ1v) is 15.9. The number of aromatic nitrogens is 2. The third-order valence-electron chi connectivity index (χ3n) is 9.32. The summed E-state index contributed by atoms with van der Waals surface area (Å²) in [6.45, 7) is 2.17. The van der Waals surface area contributed by atoms with Crippen LogP contribution in [0.2, 0.25) is 0 Å². The number of rotatable bonds is 3. The molecule has 0 saturated carbocycles. The van der Waals surface area contributed by atoms with Crippen LogP contribution < -0.4 is 10.4 Å². The monoisotopic (exact) mass is 586 g/mol. The van der Waals surface area contributed by atoms with Crippen LogP contribution in [0.3, 0.4) is 0 Å². The molecule has 2 nitrogen and oxygen atoms in total. The Morgan fingerprint density at radius 3 is 1.91 bits per heavy atom. The van der Waals surface area contributed by atoms with Crippen LogP contribution >= 0.6 is 0 Å². The first-order valence-electron chi connectivity index (χ1n) is 15.9. The van der Waals surface area contributed by atoms with Crippen LogP contribution in [-0.2, 0) is 0 Å². The van der Waals surface area contributed by atoms with E-state index in [-0.39, 0.29) is 0 Å². The van der Waals surface area contributed by atoms with Crippen molar-refractivity contribution in [3.8, 4) is 11.1 Å². The van der Waals surface area contributed by atoms with Gasteiger partial charge in [-0.3, -0.25) is 4.40 Å². The Bertz CT molecular complexity index is 2700. The fourth-order valence-corrected chi connectivity index (χ4v) is 7.33. The van der Waals surface area contributed by atoms with Crippen molar-refractivity contribution >= 4 is 60.8 Å².